The number of aliphatic hydroxyl groups excluding tert-OH is 1. The summed E-state index contributed by atoms with van der Waals surface area (Å²) in [5.41, 5.74) is -1.27. The molecule has 1 saturated carbocycles. The SMILES string of the molecule is O=c1[nH]c(=O)n([C@@H]2C[C@@H](CP(=O)(O)OP(=O)(O)OP(=O)(O)O)[C@H](O)C2)cc1/C=C/Br. The number of phosphoric acid groups is 2. The average Bonchev–Trinajstić information content (AvgIpc) is 2.86. The third-order valence-electron chi connectivity index (χ3n) is 4.17. The summed E-state index contributed by atoms with van der Waals surface area (Å²) in [5, 5.41) is 10.2. The second-order valence-corrected chi connectivity index (χ2v) is 11.8. The third-order valence-corrected chi connectivity index (χ3v) is 8.89. The third kappa shape index (κ3) is 7.18. The minimum absolute atomic E-state index is 0.0342. The summed E-state index contributed by atoms with van der Waals surface area (Å²) < 4.78 is 42.9. The number of aromatic amines is 1. The van der Waals surface area contributed by atoms with Gasteiger partial charge in [-0.1, -0.05) is 15.9 Å². The number of aliphatic hydroxyl groups is 1. The first-order valence-corrected chi connectivity index (χ1v) is 13.8. The molecule has 18 heteroatoms. The molecular weight excluding hydrogens is 537 g/mol. The quantitative estimate of drug-likeness (QED) is 0.243. The number of halogens is 1. The van der Waals surface area contributed by atoms with E-state index in [9.17, 15) is 38.2 Å². The number of hydrogen-bond donors (Lipinski definition) is 6. The highest BCUT2D eigenvalue weighted by atomic mass is 79.9. The Balaban J connectivity index is 2.17. The number of nitrogens with zero attached hydrogens (tertiary/aromatic N) is 1. The van der Waals surface area contributed by atoms with Gasteiger partial charge in [-0.3, -0.25) is 18.9 Å². The molecule has 1 aromatic rings. The predicted molar refractivity (Wildman–Crippen MR) is 106 cm³/mol. The van der Waals surface area contributed by atoms with E-state index < -0.39 is 58.7 Å². The second kappa shape index (κ2) is 9.43. The zero-order valence-corrected chi connectivity index (χ0v) is 19.1. The first kappa shape index (κ1) is 25.6. The number of H-pyrrole nitrogens is 1. The van der Waals surface area contributed by atoms with Crippen LogP contribution in [0.3, 0.4) is 0 Å². The normalized spacial score (nSPS) is 26.5. The van der Waals surface area contributed by atoms with Crippen LogP contribution in [0, 0.1) is 5.92 Å². The average molecular weight is 555 g/mol. The summed E-state index contributed by atoms with van der Waals surface area (Å²) in [6.07, 6.45) is 0.494. The molecule has 14 nitrogen and oxygen atoms in total. The highest BCUT2D eigenvalue weighted by Crippen LogP contribution is 2.66. The molecule has 6 N–H and O–H groups in total. The smallest absolute Gasteiger partial charge is 0.393 e. The second-order valence-electron chi connectivity index (χ2n) is 6.44. The zero-order chi connectivity index (χ0) is 22.9. The molecule has 1 fully saturated rings. The fourth-order valence-corrected chi connectivity index (χ4v) is 7.39. The van der Waals surface area contributed by atoms with Crippen molar-refractivity contribution in [3.8, 4) is 0 Å². The summed E-state index contributed by atoms with van der Waals surface area (Å²) in [5.74, 6) is -0.977. The Bertz CT molecular complexity index is 1080. The summed E-state index contributed by atoms with van der Waals surface area (Å²) in [7, 11) is -16.0. The fourth-order valence-electron chi connectivity index (χ4n) is 3.10. The van der Waals surface area contributed by atoms with E-state index in [1.54, 1.807) is 0 Å². The van der Waals surface area contributed by atoms with Crippen LogP contribution in [0.25, 0.3) is 6.08 Å². The van der Waals surface area contributed by atoms with Crippen molar-refractivity contribution in [1.29, 1.82) is 0 Å². The lowest BCUT2D eigenvalue weighted by molar-refractivity contribution is 0.137. The molecule has 1 heterocycles. The van der Waals surface area contributed by atoms with Crippen LogP contribution < -0.4 is 11.2 Å². The zero-order valence-electron chi connectivity index (χ0n) is 14.8. The molecule has 0 amide bonds. The number of aromatic nitrogens is 2. The van der Waals surface area contributed by atoms with E-state index in [1.165, 1.54) is 17.3 Å². The minimum atomic E-state index is -5.58. The van der Waals surface area contributed by atoms with Gasteiger partial charge in [-0.15, -0.1) is 0 Å². The van der Waals surface area contributed by atoms with E-state index in [-0.39, 0.29) is 18.4 Å². The van der Waals surface area contributed by atoms with Gasteiger partial charge in [0.25, 0.3) is 5.56 Å². The molecular formula is C12H18BrN2O12P3. The Hall–Kier alpha value is -0.690. The molecule has 1 aliphatic carbocycles. The van der Waals surface area contributed by atoms with Crippen molar-refractivity contribution in [1.82, 2.24) is 9.55 Å². The summed E-state index contributed by atoms with van der Waals surface area (Å²) in [6, 6.07) is -0.677. The van der Waals surface area contributed by atoms with Gasteiger partial charge in [-0.05, 0) is 29.8 Å². The van der Waals surface area contributed by atoms with Crippen molar-refractivity contribution in [2.75, 3.05) is 6.16 Å². The lowest BCUT2D eigenvalue weighted by Gasteiger charge is -2.20. The van der Waals surface area contributed by atoms with E-state index in [0.29, 0.717) is 0 Å². The van der Waals surface area contributed by atoms with Crippen LogP contribution in [-0.4, -0.2) is 46.5 Å². The summed E-state index contributed by atoms with van der Waals surface area (Å²) >= 11 is 3.01. The van der Waals surface area contributed by atoms with Crippen LogP contribution in [0.5, 0.6) is 0 Å². The van der Waals surface area contributed by atoms with E-state index in [4.69, 9.17) is 9.79 Å². The monoisotopic (exact) mass is 554 g/mol. The largest absolute Gasteiger partial charge is 0.488 e. The van der Waals surface area contributed by atoms with Crippen LogP contribution in [0.2, 0.25) is 0 Å². The maximum Gasteiger partial charge on any atom is 0.488 e. The lowest BCUT2D eigenvalue weighted by Crippen LogP contribution is -2.32. The van der Waals surface area contributed by atoms with Crippen molar-refractivity contribution in [3.05, 3.63) is 37.6 Å². The number of nitrogens with one attached hydrogen (secondary N) is 1. The Morgan fingerprint density at radius 2 is 1.80 bits per heavy atom. The molecule has 2 rings (SSSR count). The van der Waals surface area contributed by atoms with Crippen molar-refractivity contribution in [3.63, 3.8) is 0 Å². The Kier molecular flexibility index (Phi) is 8.04. The van der Waals surface area contributed by atoms with Crippen molar-refractivity contribution < 1.29 is 47.0 Å². The van der Waals surface area contributed by atoms with Crippen LogP contribution in [0.1, 0.15) is 24.4 Å². The molecule has 1 aliphatic rings. The van der Waals surface area contributed by atoms with Gasteiger partial charge < -0.3 is 24.7 Å². The maximum atomic E-state index is 12.1. The molecule has 170 valence electrons. The standard InChI is InChI=1S/C12H18BrN2O12P3/c13-2-1-7-5-15(12(18)14-11(7)17)9-3-8(10(16)4-9)6-28(19,20)26-30(24,25)27-29(21,22)23/h1-2,5,8-10,16H,3-4,6H2,(H,19,20)(H,24,25)(H,14,17,18)(H2,21,22,23)/b2-1+/t8-,9+,10+/m0/s1. The van der Waals surface area contributed by atoms with E-state index in [2.05, 4.69) is 29.5 Å². The highest BCUT2D eigenvalue weighted by molar-refractivity contribution is 9.11. The van der Waals surface area contributed by atoms with Crippen LogP contribution in [0.4, 0.5) is 0 Å². The van der Waals surface area contributed by atoms with Crippen LogP contribution in [-0.2, 0) is 22.3 Å². The molecule has 0 spiro atoms. The minimum Gasteiger partial charge on any atom is -0.393 e. The topological polar surface area (TPSA) is 226 Å². The number of hydrogen-bond acceptors (Lipinski definition) is 8. The summed E-state index contributed by atoms with van der Waals surface area (Å²) in [6.45, 7) is 0. The first-order valence-electron chi connectivity index (χ1n) is 8.05. The highest BCUT2D eigenvalue weighted by Gasteiger charge is 2.44. The Morgan fingerprint density at radius 1 is 1.17 bits per heavy atom. The van der Waals surface area contributed by atoms with Crippen molar-refractivity contribution in [2.45, 2.75) is 25.0 Å². The van der Waals surface area contributed by atoms with Gasteiger partial charge in [0.2, 0.25) is 0 Å². The Labute approximate surface area is 176 Å². The van der Waals surface area contributed by atoms with E-state index in [1.807, 2.05) is 0 Å². The number of rotatable bonds is 8. The van der Waals surface area contributed by atoms with Crippen molar-refractivity contribution >= 4 is 45.2 Å². The molecule has 0 radical (unpaired) electrons. The van der Waals surface area contributed by atoms with Crippen LogP contribution in [0.15, 0.2) is 20.8 Å². The van der Waals surface area contributed by atoms with Gasteiger partial charge in [0, 0.05) is 12.2 Å². The van der Waals surface area contributed by atoms with Gasteiger partial charge in [-0.2, -0.15) is 4.31 Å². The van der Waals surface area contributed by atoms with Gasteiger partial charge in [0.05, 0.1) is 17.8 Å². The first-order chi connectivity index (χ1) is 13.6. The van der Waals surface area contributed by atoms with E-state index >= 15 is 0 Å². The molecule has 0 aromatic carbocycles. The molecule has 30 heavy (non-hydrogen) atoms. The predicted octanol–water partition coefficient (Wildman–Crippen LogP) is 0.626. The molecule has 0 bridgehead atoms. The Morgan fingerprint density at radius 3 is 2.37 bits per heavy atom. The molecule has 0 saturated heterocycles. The molecule has 0 aliphatic heterocycles. The molecule has 1 aromatic heterocycles. The van der Waals surface area contributed by atoms with Gasteiger partial charge in [0.15, 0.2) is 0 Å². The summed E-state index contributed by atoms with van der Waals surface area (Å²) in [4.78, 5) is 63.5. The lowest BCUT2D eigenvalue weighted by atomic mass is 10.1. The molecule has 5 atom stereocenters. The van der Waals surface area contributed by atoms with Gasteiger partial charge in [-0.25, -0.2) is 18.2 Å². The van der Waals surface area contributed by atoms with Crippen LogP contribution >= 0.6 is 39.2 Å². The molecule has 2 unspecified atom stereocenters. The maximum absolute atomic E-state index is 12.1. The van der Waals surface area contributed by atoms with E-state index in [0.717, 1.165) is 4.57 Å². The van der Waals surface area contributed by atoms with Gasteiger partial charge >= 0.3 is 28.9 Å². The fraction of sp³-hybridized carbons (Fsp3) is 0.500. The van der Waals surface area contributed by atoms with Gasteiger partial charge in [0.1, 0.15) is 0 Å². The van der Waals surface area contributed by atoms with Crippen molar-refractivity contribution in [2.24, 2.45) is 5.92 Å².